The fourth-order valence-corrected chi connectivity index (χ4v) is 12.2. The van der Waals surface area contributed by atoms with Gasteiger partial charge < -0.3 is 130 Å². The SMILES string of the molecule is CC(C)C[C@H](NC(=O)[C@H](CCCCN)NC(=O)[C@H](C)NC(=O)[C@H](Cc1ccccc1)NC(=O)[C@H](C)NC(=O)[C@@H](N)CCCCN)C(=O)N[C@@H](C)C(=O)N[C@@H](C)C(=O)N[C@@H](CCC(N)=O)C(=O)N[C@@H](CC(C)C)C(=O)N[C@@H](Cc1ccc(O)cc1)C(=O)N[C@@H](CCCN=C(N)N)C(=O)N[C@@H](CCCCN)C(=O)N[C@@H](C)C(=O)NCC(=O)N[C@@H](CS)C(=O)O. The summed E-state index contributed by atoms with van der Waals surface area (Å²) in [5, 5.41) is 57.6. The minimum Gasteiger partial charge on any atom is -0.508 e. The van der Waals surface area contributed by atoms with Crippen molar-refractivity contribution in [3.8, 4) is 5.75 Å². The second kappa shape index (κ2) is 57.1. The number of amides is 16. The van der Waals surface area contributed by atoms with E-state index in [2.05, 4.69) is 97.4 Å². The molecule has 0 saturated heterocycles. The first-order chi connectivity index (χ1) is 57.5. The van der Waals surface area contributed by atoms with E-state index >= 15 is 0 Å². The molecule has 0 fully saturated rings. The summed E-state index contributed by atoms with van der Waals surface area (Å²) < 4.78 is 0. The maximum atomic E-state index is 14.8. The molecule has 0 aliphatic heterocycles. The monoisotopic (exact) mass is 1740 g/mol. The molecule has 682 valence electrons. The van der Waals surface area contributed by atoms with E-state index in [4.69, 9.17) is 40.1 Å². The molecule has 0 heterocycles. The average Bonchev–Trinajstić information content (AvgIpc) is 0.841. The van der Waals surface area contributed by atoms with Gasteiger partial charge in [-0.1, -0.05) is 76.6 Å². The number of aliphatic imine (C=N–C) groups is 1. The maximum Gasteiger partial charge on any atom is 0.327 e. The van der Waals surface area contributed by atoms with Crippen LogP contribution in [0.1, 0.15) is 170 Å². The number of hydrogen-bond donors (Lipinski definition) is 25. The molecular formula is C79H131N23O19S. The van der Waals surface area contributed by atoms with E-state index in [1.54, 1.807) is 58.0 Å². The van der Waals surface area contributed by atoms with Gasteiger partial charge in [0.1, 0.15) is 90.3 Å². The van der Waals surface area contributed by atoms with Crippen molar-refractivity contribution >= 4 is 119 Å². The minimum atomic E-state index is -1.64. The van der Waals surface area contributed by atoms with Crippen molar-refractivity contribution < 1.29 is 91.7 Å². The number of aliphatic carboxylic acids is 1. The lowest BCUT2D eigenvalue weighted by molar-refractivity contribution is -0.141. The third kappa shape index (κ3) is 42.3. The number of nitrogens with one attached hydrogen (secondary N) is 15. The van der Waals surface area contributed by atoms with Crippen LogP contribution in [-0.4, -0.2) is 246 Å². The van der Waals surface area contributed by atoms with Crippen LogP contribution in [0.5, 0.6) is 5.75 Å². The Morgan fingerprint density at radius 2 is 0.697 bits per heavy atom. The zero-order chi connectivity index (χ0) is 91.9. The van der Waals surface area contributed by atoms with Crippen LogP contribution >= 0.6 is 12.6 Å². The highest BCUT2D eigenvalue weighted by atomic mass is 32.1. The Kier molecular flexibility index (Phi) is 49.9. The van der Waals surface area contributed by atoms with E-state index in [0.29, 0.717) is 56.2 Å². The smallest absolute Gasteiger partial charge is 0.327 e. The Bertz CT molecular complexity index is 3800. The number of nitrogens with zero attached hydrogens (tertiary/aromatic N) is 1. The van der Waals surface area contributed by atoms with Crippen molar-refractivity contribution in [2.24, 2.45) is 57.0 Å². The standard InChI is InChI=1S/C79H131N23O19S/c1-42(2)36-57(100-72(114)54(24-15-18-34-82)95-67(109)48(9)93-75(117)59(38-49-20-11-10-12-21-49)99-68(110)47(8)90-69(111)52(83)22-13-16-32-80)74(116)92-45(6)65(107)89-46(7)66(108)96-56(30-31-62(84)104)73(115)101-58(37-43(3)4)76(118)102-60(39-50-26-28-51(103)29-27-50)77(119)98-55(25-19-35-87-79(85)86)71(113)97-53(23-14-17-33-81)70(112)91-44(5)64(106)88-40-63(105)94-61(41-122)78(120)121/h10-12,20-21,26-29,42-48,52-61,103,122H,13-19,22-25,30-41,80-83H2,1-9H3,(H2,84,104)(H,88,106)(H,89,107)(H,90,111)(H,91,112)(H,92,116)(H,93,117)(H,94,105)(H,95,109)(H,96,108)(H,97,113)(H,98,119)(H,99,110)(H,100,114)(H,101,115)(H,102,118)(H,120,121)(H4,85,86,87)/t44-,45-,46-,47-,48-,52-,53-,54-,55-,56-,57-,58-,59-,60-,61-/m0/s1. The Labute approximate surface area is 716 Å². The number of phenols is 1. The first-order valence-electron chi connectivity index (χ1n) is 40.9. The number of primary amides is 1. The number of carbonyl (C=O) groups excluding carboxylic acids is 16. The number of thiol groups is 1. The molecule has 0 aromatic heterocycles. The molecule has 122 heavy (non-hydrogen) atoms. The molecule has 15 atom stereocenters. The summed E-state index contributed by atoms with van der Waals surface area (Å²) in [5.74, 6) is -16.6. The molecule has 2 rings (SSSR count). The summed E-state index contributed by atoms with van der Waals surface area (Å²) in [7, 11) is 0. The quantitative estimate of drug-likeness (QED) is 0.0127. The first-order valence-corrected chi connectivity index (χ1v) is 41.5. The Morgan fingerprint density at radius 3 is 1.11 bits per heavy atom. The molecule has 31 N–H and O–H groups in total. The van der Waals surface area contributed by atoms with Gasteiger partial charge in [0.25, 0.3) is 0 Å². The predicted molar refractivity (Wildman–Crippen MR) is 456 cm³/mol. The van der Waals surface area contributed by atoms with Gasteiger partial charge in [-0.3, -0.25) is 81.7 Å². The number of carbonyl (C=O) groups is 17. The van der Waals surface area contributed by atoms with Crippen LogP contribution in [0.25, 0.3) is 0 Å². The molecule has 42 nitrogen and oxygen atoms in total. The summed E-state index contributed by atoms with van der Waals surface area (Å²) >= 11 is 3.90. The molecule has 16 amide bonds. The van der Waals surface area contributed by atoms with Crippen LogP contribution in [0.4, 0.5) is 0 Å². The number of aromatic hydroxyl groups is 1. The zero-order valence-electron chi connectivity index (χ0n) is 71.0. The summed E-state index contributed by atoms with van der Waals surface area (Å²) in [6.07, 6.45) is 1.43. The predicted octanol–water partition coefficient (Wildman–Crippen LogP) is -5.68. The van der Waals surface area contributed by atoms with Crippen LogP contribution in [0.15, 0.2) is 59.6 Å². The van der Waals surface area contributed by atoms with E-state index in [1.807, 2.05) is 0 Å². The molecule has 0 spiro atoms. The van der Waals surface area contributed by atoms with Gasteiger partial charge in [0.05, 0.1) is 12.6 Å². The molecule has 0 aliphatic carbocycles. The number of phenolic OH excluding ortho intramolecular Hbond substituents is 1. The average molecular weight is 1740 g/mol. The Balaban J connectivity index is 2.42. The summed E-state index contributed by atoms with van der Waals surface area (Å²) in [6, 6.07) is -6.27. The fraction of sp³-hybridized carbons (Fsp3) is 0.620. The Hall–Kier alpha value is -11.3. The highest BCUT2D eigenvalue weighted by molar-refractivity contribution is 7.80. The van der Waals surface area contributed by atoms with Gasteiger partial charge in [0.15, 0.2) is 5.96 Å². The third-order valence-corrected chi connectivity index (χ3v) is 19.3. The van der Waals surface area contributed by atoms with E-state index in [-0.39, 0.29) is 107 Å². The summed E-state index contributed by atoms with van der Waals surface area (Å²) in [6.45, 7) is 13.6. The highest BCUT2D eigenvalue weighted by Crippen LogP contribution is 2.16. The van der Waals surface area contributed by atoms with Gasteiger partial charge in [0.2, 0.25) is 94.5 Å². The van der Waals surface area contributed by atoms with Crippen molar-refractivity contribution in [2.75, 3.05) is 38.5 Å². The molecule has 0 radical (unpaired) electrons. The summed E-state index contributed by atoms with van der Waals surface area (Å²) in [5.41, 5.74) is 40.8. The molecule has 2 aromatic carbocycles. The van der Waals surface area contributed by atoms with Crippen LogP contribution in [0, 0.1) is 11.8 Å². The second-order valence-corrected chi connectivity index (χ2v) is 31.1. The van der Waals surface area contributed by atoms with E-state index in [9.17, 15) is 91.7 Å². The largest absolute Gasteiger partial charge is 0.508 e. The zero-order valence-corrected chi connectivity index (χ0v) is 71.9. The van der Waals surface area contributed by atoms with Gasteiger partial charge in [-0.15, -0.1) is 0 Å². The van der Waals surface area contributed by atoms with Crippen molar-refractivity contribution in [3.63, 3.8) is 0 Å². The minimum absolute atomic E-state index is 0.00938. The second-order valence-electron chi connectivity index (χ2n) is 30.7. The van der Waals surface area contributed by atoms with E-state index in [0.717, 1.165) is 0 Å². The van der Waals surface area contributed by atoms with Crippen molar-refractivity contribution in [2.45, 2.75) is 262 Å². The van der Waals surface area contributed by atoms with Gasteiger partial charge in [-0.2, -0.15) is 12.6 Å². The maximum absolute atomic E-state index is 14.8. The number of carboxylic acids is 1. The lowest BCUT2D eigenvalue weighted by atomic mass is 9.99. The molecule has 2 aromatic rings. The van der Waals surface area contributed by atoms with E-state index < -0.39 is 210 Å². The number of guanidine groups is 1. The lowest BCUT2D eigenvalue weighted by Crippen LogP contribution is -2.60. The van der Waals surface area contributed by atoms with Crippen LogP contribution in [-0.2, 0) is 94.3 Å². The number of carboxylic acid groups (broad SMARTS) is 1. The van der Waals surface area contributed by atoms with Crippen LogP contribution in [0.3, 0.4) is 0 Å². The molecule has 0 saturated carbocycles. The molecule has 0 unspecified atom stereocenters. The van der Waals surface area contributed by atoms with Gasteiger partial charge in [-0.25, -0.2) is 4.79 Å². The first kappa shape index (κ1) is 107. The normalized spacial score (nSPS) is 14.8. The lowest BCUT2D eigenvalue weighted by Gasteiger charge is -2.28. The van der Waals surface area contributed by atoms with E-state index in [1.165, 1.54) is 58.9 Å². The van der Waals surface area contributed by atoms with Gasteiger partial charge in [-0.05, 0) is 173 Å². The number of nitrogens with two attached hydrogens (primary N) is 7. The third-order valence-electron chi connectivity index (χ3n) is 19.0. The molecule has 43 heteroatoms. The fourth-order valence-electron chi connectivity index (χ4n) is 12.0. The van der Waals surface area contributed by atoms with Crippen LogP contribution in [0.2, 0.25) is 0 Å². The van der Waals surface area contributed by atoms with Crippen molar-refractivity contribution in [1.29, 1.82) is 0 Å². The number of unbranched alkanes of at least 4 members (excludes halogenated alkanes) is 3. The Morgan fingerprint density at radius 1 is 0.369 bits per heavy atom. The summed E-state index contributed by atoms with van der Waals surface area (Å²) in [4.78, 5) is 236. The van der Waals surface area contributed by atoms with Gasteiger partial charge >= 0.3 is 5.97 Å². The van der Waals surface area contributed by atoms with Crippen molar-refractivity contribution in [1.82, 2.24) is 79.8 Å². The topological polar surface area (TPSA) is 706 Å². The highest BCUT2D eigenvalue weighted by Gasteiger charge is 2.37. The van der Waals surface area contributed by atoms with Gasteiger partial charge in [0, 0.05) is 31.6 Å². The number of hydrogen-bond acceptors (Lipinski definition) is 24. The molecule has 0 aliphatic rings. The molecular weight excluding hydrogens is 1610 g/mol. The molecule has 0 bridgehead atoms. The van der Waals surface area contributed by atoms with Crippen LogP contribution < -0.4 is 120 Å². The number of benzene rings is 2. The van der Waals surface area contributed by atoms with Crippen molar-refractivity contribution in [3.05, 3.63) is 65.7 Å². The number of rotatable bonds is 59.